The molecule has 16 heavy (non-hydrogen) atoms. The molecular formula is C12H18FNOS. The van der Waals surface area contributed by atoms with Crippen molar-refractivity contribution in [3.63, 3.8) is 0 Å². The fourth-order valence-electron chi connectivity index (χ4n) is 1.20. The lowest BCUT2D eigenvalue weighted by Crippen LogP contribution is -2.20. The highest BCUT2D eigenvalue weighted by atomic mass is 32.2. The first-order valence-corrected chi connectivity index (χ1v) is 6.03. The van der Waals surface area contributed by atoms with Crippen LogP contribution >= 0.6 is 11.9 Å². The van der Waals surface area contributed by atoms with Crippen molar-refractivity contribution in [1.29, 1.82) is 0 Å². The minimum atomic E-state index is -0.331. The predicted octanol–water partition coefficient (Wildman–Crippen LogP) is 3.63. The van der Waals surface area contributed by atoms with Crippen LogP contribution in [-0.4, -0.2) is 9.85 Å². The maximum Gasteiger partial charge on any atom is 0.123 e. The van der Waals surface area contributed by atoms with Gasteiger partial charge in [0.25, 0.3) is 0 Å². The molecule has 0 radical (unpaired) electrons. The van der Waals surface area contributed by atoms with Gasteiger partial charge in [-0.15, -0.1) is 0 Å². The summed E-state index contributed by atoms with van der Waals surface area (Å²) >= 11 is 1.57. The van der Waals surface area contributed by atoms with Crippen molar-refractivity contribution < 1.29 is 9.50 Å². The Labute approximate surface area is 100 Å². The fraction of sp³-hybridized carbons (Fsp3) is 0.500. The van der Waals surface area contributed by atoms with Crippen molar-refractivity contribution in [2.75, 3.05) is 0 Å². The molecule has 1 aromatic rings. The van der Waals surface area contributed by atoms with E-state index in [9.17, 15) is 9.50 Å². The number of phenolic OH excluding ortho intramolecular Hbond substituents is 1. The molecular weight excluding hydrogens is 225 g/mol. The Morgan fingerprint density at radius 1 is 1.38 bits per heavy atom. The Kier molecular flexibility index (Phi) is 4.21. The molecule has 0 saturated carbocycles. The highest BCUT2D eigenvalue weighted by Gasteiger charge is 2.16. The van der Waals surface area contributed by atoms with Gasteiger partial charge in [0.1, 0.15) is 11.6 Å². The van der Waals surface area contributed by atoms with Crippen LogP contribution in [0.3, 0.4) is 0 Å². The van der Waals surface area contributed by atoms with Crippen LogP contribution < -0.4 is 4.72 Å². The number of phenols is 1. The minimum absolute atomic E-state index is 0.0806. The van der Waals surface area contributed by atoms with E-state index in [1.165, 1.54) is 18.2 Å². The van der Waals surface area contributed by atoms with Crippen LogP contribution in [0.15, 0.2) is 18.2 Å². The van der Waals surface area contributed by atoms with E-state index in [-0.39, 0.29) is 22.4 Å². The molecule has 0 aliphatic rings. The quantitative estimate of drug-likeness (QED) is 0.795. The van der Waals surface area contributed by atoms with E-state index in [4.69, 9.17) is 0 Å². The number of rotatable bonds is 3. The molecule has 1 aromatic carbocycles. The summed E-state index contributed by atoms with van der Waals surface area (Å²) in [5.41, 5.74) is 0.580. The highest BCUT2D eigenvalue weighted by molar-refractivity contribution is 7.98. The molecule has 0 aliphatic heterocycles. The summed E-state index contributed by atoms with van der Waals surface area (Å²) in [4.78, 5) is 0. The lowest BCUT2D eigenvalue weighted by atomic mass is 10.1. The molecule has 0 spiro atoms. The monoisotopic (exact) mass is 243 g/mol. The lowest BCUT2D eigenvalue weighted by molar-refractivity contribution is 0.459. The summed E-state index contributed by atoms with van der Waals surface area (Å²) in [5.74, 6) is -0.210. The first-order chi connectivity index (χ1) is 7.29. The average Bonchev–Trinajstić information content (AvgIpc) is 2.17. The zero-order valence-corrected chi connectivity index (χ0v) is 10.9. The third kappa shape index (κ3) is 4.02. The summed E-state index contributed by atoms with van der Waals surface area (Å²) in [6, 6.07) is 3.89. The van der Waals surface area contributed by atoms with Crippen LogP contribution in [0.25, 0.3) is 0 Å². The van der Waals surface area contributed by atoms with E-state index in [2.05, 4.69) is 25.5 Å². The molecule has 0 saturated heterocycles. The van der Waals surface area contributed by atoms with E-state index in [0.29, 0.717) is 5.56 Å². The smallest absolute Gasteiger partial charge is 0.123 e. The second-order valence-corrected chi connectivity index (χ2v) is 6.42. The summed E-state index contributed by atoms with van der Waals surface area (Å²) in [6.45, 7) is 8.15. The van der Waals surface area contributed by atoms with Crippen LogP contribution in [0, 0.1) is 5.82 Å². The van der Waals surface area contributed by atoms with Gasteiger partial charge in [-0.2, -0.15) is 0 Å². The van der Waals surface area contributed by atoms with Gasteiger partial charge in [0.2, 0.25) is 0 Å². The van der Waals surface area contributed by atoms with Crippen molar-refractivity contribution in [2.45, 2.75) is 38.5 Å². The molecule has 0 bridgehead atoms. The number of aromatic hydroxyl groups is 1. The summed E-state index contributed by atoms with van der Waals surface area (Å²) in [6.07, 6.45) is 0. The van der Waals surface area contributed by atoms with Crippen molar-refractivity contribution in [2.24, 2.45) is 0 Å². The molecule has 4 heteroatoms. The molecule has 0 unspecified atom stereocenters. The van der Waals surface area contributed by atoms with E-state index in [1.807, 2.05) is 6.92 Å². The third-order valence-corrected chi connectivity index (χ3v) is 3.08. The number of halogens is 1. The van der Waals surface area contributed by atoms with Gasteiger partial charge in [0, 0.05) is 16.4 Å². The largest absolute Gasteiger partial charge is 0.508 e. The van der Waals surface area contributed by atoms with Gasteiger partial charge < -0.3 is 5.11 Å². The van der Waals surface area contributed by atoms with Crippen molar-refractivity contribution in [3.8, 4) is 5.75 Å². The molecule has 2 nitrogen and oxygen atoms in total. The molecule has 90 valence electrons. The number of hydrogen-bond donors (Lipinski definition) is 2. The second kappa shape index (κ2) is 5.06. The van der Waals surface area contributed by atoms with Gasteiger partial charge in [-0.25, -0.2) is 4.39 Å². The number of hydrogen-bond acceptors (Lipinski definition) is 3. The molecule has 1 rings (SSSR count). The van der Waals surface area contributed by atoms with Crippen molar-refractivity contribution in [1.82, 2.24) is 4.72 Å². The maximum absolute atomic E-state index is 13.0. The van der Waals surface area contributed by atoms with Gasteiger partial charge in [-0.05, 0) is 45.9 Å². The van der Waals surface area contributed by atoms with Gasteiger partial charge in [0.15, 0.2) is 0 Å². The standard InChI is InChI=1S/C12H18FNOS/c1-8(14-16-12(2,3)4)10-7-9(13)5-6-11(10)15/h5-8,14-15H,1-4H3/t8-/m1/s1. The zero-order chi connectivity index (χ0) is 12.3. The fourth-order valence-corrected chi connectivity index (χ4v) is 1.86. The van der Waals surface area contributed by atoms with Gasteiger partial charge in [-0.1, -0.05) is 11.9 Å². The van der Waals surface area contributed by atoms with E-state index >= 15 is 0 Å². The van der Waals surface area contributed by atoms with Crippen LogP contribution in [0.2, 0.25) is 0 Å². The predicted molar refractivity (Wildman–Crippen MR) is 67.0 cm³/mol. The lowest BCUT2D eigenvalue weighted by Gasteiger charge is -2.22. The molecule has 0 fully saturated rings. The molecule has 0 amide bonds. The van der Waals surface area contributed by atoms with Crippen LogP contribution in [-0.2, 0) is 0 Å². The topological polar surface area (TPSA) is 32.3 Å². The van der Waals surface area contributed by atoms with Gasteiger partial charge in [-0.3, -0.25) is 4.72 Å². The zero-order valence-electron chi connectivity index (χ0n) is 10.0. The Morgan fingerprint density at radius 2 is 2.00 bits per heavy atom. The summed E-state index contributed by atoms with van der Waals surface area (Å²) in [7, 11) is 0. The van der Waals surface area contributed by atoms with Crippen molar-refractivity contribution in [3.05, 3.63) is 29.6 Å². The minimum Gasteiger partial charge on any atom is -0.508 e. The van der Waals surface area contributed by atoms with E-state index < -0.39 is 0 Å². The number of benzene rings is 1. The van der Waals surface area contributed by atoms with Gasteiger partial charge >= 0.3 is 0 Å². The highest BCUT2D eigenvalue weighted by Crippen LogP contribution is 2.29. The van der Waals surface area contributed by atoms with Crippen LogP contribution in [0.1, 0.15) is 39.3 Å². The Bertz CT molecular complexity index is 363. The van der Waals surface area contributed by atoms with Crippen molar-refractivity contribution >= 4 is 11.9 Å². The molecule has 0 heterocycles. The molecule has 0 aromatic heterocycles. The SMILES string of the molecule is C[C@@H](NSC(C)(C)C)c1cc(F)ccc1O. The molecule has 2 N–H and O–H groups in total. The molecule has 1 atom stereocenters. The normalized spacial score (nSPS) is 13.8. The Balaban J connectivity index is 2.73. The summed E-state index contributed by atoms with van der Waals surface area (Å²) in [5, 5.41) is 9.62. The first kappa shape index (κ1) is 13.3. The number of nitrogens with one attached hydrogen (secondary N) is 1. The van der Waals surface area contributed by atoms with Crippen LogP contribution in [0.4, 0.5) is 4.39 Å². The first-order valence-electron chi connectivity index (χ1n) is 5.21. The van der Waals surface area contributed by atoms with Gasteiger partial charge in [0.05, 0.1) is 0 Å². The Hall–Kier alpha value is -0.740. The Morgan fingerprint density at radius 3 is 2.56 bits per heavy atom. The second-order valence-electron chi connectivity index (χ2n) is 4.76. The van der Waals surface area contributed by atoms with Crippen LogP contribution in [0.5, 0.6) is 5.75 Å². The molecule has 0 aliphatic carbocycles. The van der Waals surface area contributed by atoms with E-state index in [0.717, 1.165) is 0 Å². The maximum atomic E-state index is 13.0. The van der Waals surface area contributed by atoms with E-state index in [1.54, 1.807) is 11.9 Å². The summed E-state index contributed by atoms with van der Waals surface area (Å²) < 4.78 is 16.3. The average molecular weight is 243 g/mol. The third-order valence-electron chi connectivity index (χ3n) is 2.00.